The van der Waals surface area contributed by atoms with E-state index in [9.17, 15) is 19.7 Å². The summed E-state index contributed by atoms with van der Waals surface area (Å²) in [4.78, 5) is 34.0. The number of nitro benzene ring substituents is 1. The smallest absolute Gasteiger partial charge is 0.330 e. The number of hydrogen-bond donors (Lipinski definition) is 0. The molecule has 7 heteroatoms. The quantitative estimate of drug-likeness (QED) is 0.267. The van der Waals surface area contributed by atoms with Gasteiger partial charge in [0.2, 0.25) is 0 Å². The molecule has 0 atom stereocenters. The highest BCUT2D eigenvalue weighted by molar-refractivity contribution is 5.88. The molecule has 0 aliphatic rings. The molecule has 0 unspecified atom stereocenters. The zero-order chi connectivity index (χ0) is 16.8. The number of benzene rings is 1. The summed E-state index contributed by atoms with van der Waals surface area (Å²) < 4.78 is 10.2. The molecule has 0 amide bonds. The third-order valence-electron chi connectivity index (χ3n) is 3.13. The van der Waals surface area contributed by atoms with Gasteiger partial charge in [0.05, 0.1) is 22.5 Å². The predicted octanol–water partition coefficient (Wildman–Crippen LogP) is 3.06. The van der Waals surface area contributed by atoms with Crippen LogP contribution >= 0.6 is 0 Å². The molecular weight excluding hydrogens is 302 g/mol. The van der Waals surface area contributed by atoms with E-state index in [4.69, 9.17) is 9.15 Å². The van der Waals surface area contributed by atoms with E-state index in [1.165, 1.54) is 24.5 Å². The summed E-state index contributed by atoms with van der Waals surface area (Å²) >= 11 is 0. The summed E-state index contributed by atoms with van der Waals surface area (Å²) in [7, 11) is 0. The third-order valence-corrected chi connectivity index (χ3v) is 3.13. The predicted molar refractivity (Wildman–Crippen MR) is 84.0 cm³/mol. The van der Waals surface area contributed by atoms with Gasteiger partial charge in [-0.3, -0.25) is 14.9 Å². The van der Waals surface area contributed by atoms with E-state index in [1.54, 1.807) is 0 Å². The third kappa shape index (κ3) is 4.03. The molecule has 0 aliphatic carbocycles. The van der Waals surface area contributed by atoms with E-state index in [-0.39, 0.29) is 22.2 Å². The number of carbonyl (C=O) groups excluding carboxylic acids is 1. The molecule has 0 radical (unpaired) electrons. The van der Waals surface area contributed by atoms with Gasteiger partial charge in [0.1, 0.15) is 11.8 Å². The Balaban J connectivity index is 2.28. The molecule has 0 aliphatic heterocycles. The Kier molecular flexibility index (Phi) is 5.24. The maximum atomic E-state index is 12.3. The van der Waals surface area contributed by atoms with Crippen molar-refractivity contribution >= 4 is 28.7 Å². The first-order valence-electron chi connectivity index (χ1n) is 7.07. The molecule has 0 saturated carbocycles. The standard InChI is InChI=1S/C16H15NO6/c1-2-3-8-22-15(18)7-4-11-10-23-14-6-5-12(17(20)21)9-13(14)16(11)19/h4-7,9-10H,2-3,8H2,1H3/b7-4+. The molecule has 0 bridgehead atoms. The first kappa shape index (κ1) is 16.4. The average Bonchev–Trinajstić information content (AvgIpc) is 2.54. The number of fused-ring (bicyclic) bond motifs is 1. The van der Waals surface area contributed by atoms with Crippen molar-refractivity contribution in [2.75, 3.05) is 6.61 Å². The van der Waals surface area contributed by atoms with E-state index < -0.39 is 16.3 Å². The van der Waals surface area contributed by atoms with Crippen molar-refractivity contribution in [2.24, 2.45) is 0 Å². The molecular formula is C16H15NO6. The molecule has 0 fully saturated rings. The fourth-order valence-electron chi connectivity index (χ4n) is 1.89. The van der Waals surface area contributed by atoms with Crippen LogP contribution in [0.4, 0.5) is 5.69 Å². The van der Waals surface area contributed by atoms with Crippen molar-refractivity contribution in [3.63, 3.8) is 0 Å². The summed E-state index contributed by atoms with van der Waals surface area (Å²) in [5.41, 5.74) is -0.300. The summed E-state index contributed by atoms with van der Waals surface area (Å²) in [6.45, 7) is 2.29. The van der Waals surface area contributed by atoms with Crippen molar-refractivity contribution in [2.45, 2.75) is 19.8 Å². The highest BCUT2D eigenvalue weighted by atomic mass is 16.6. The molecule has 0 N–H and O–H groups in total. The van der Waals surface area contributed by atoms with Crippen molar-refractivity contribution < 1.29 is 18.9 Å². The highest BCUT2D eigenvalue weighted by Crippen LogP contribution is 2.19. The number of rotatable bonds is 6. The lowest BCUT2D eigenvalue weighted by atomic mass is 10.1. The summed E-state index contributed by atoms with van der Waals surface area (Å²) in [5, 5.41) is 10.9. The second-order valence-corrected chi connectivity index (χ2v) is 4.81. The Hall–Kier alpha value is -2.96. The Bertz CT molecular complexity index is 821. The lowest BCUT2D eigenvalue weighted by Gasteiger charge is -2.00. The zero-order valence-corrected chi connectivity index (χ0v) is 12.5. The number of hydrogen-bond acceptors (Lipinski definition) is 6. The minimum atomic E-state index is -0.591. The fourth-order valence-corrected chi connectivity index (χ4v) is 1.89. The molecule has 2 aromatic rings. The van der Waals surface area contributed by atoms with Crippen LogP contribution in [0.3, 0.4) is 0 Å². The minimum absolute atomic E-state index is 0.0840. The van der Waals surface area contributed by atoms with Gasteiger partial charge in [-0.25, -0.2) is 4.79 Å². The highest BCUT2D eigenvalue weighted by Gasteiger charge is 2.11. The topological polar surface area (TPSA) is 99.7 Å². The van der Waals surface area contributed by atoms with Crippen LogP contribution in [0.25, 0.3) is 17.0 Å². The number of nitrogens with zero attached hydrogens (tertiary/aromatic N) is 1. The van der Waals surface area contributed by atoms with Crippen LogP contribution < -0.4 is 5.43 Å². The molecule has 0 saturated heterocycles. The lowest BCUT2D eigenvalue weighted by molar-refractivity contribution is -0.384. The fraction of sp³-hybridized carbons (Fsp3) is 0.250. The van der Waals surface area contributed by atoms with E-state index in [0.29, 0.717) is 6.61 Å². The molecule has 2 rings (SSSR count). The Morgan fingerprint density at radius 2 is 2.22 bits per heavy atom. The zero-order valence-electron chi connectivity index (χ0n) is 12.5. The average molecular weight is 317 g/mol. The Morgan fingerprint density at radius 1 is 1.43 bits per heavy atom. The maximum Gasteiger partial charge on any atom is 0.330 e. The molecule has 1 aromatic heterocycles. The van der Waals surface area contributed by atoms with E-state index in [1.807, 2.05) is 6.92 Å². The number of esters is 1. The van der Waals surface area contributed by atoms with Gasteiger partial charge in [-0.2, -0.15) is 0 Å². The first-order valence-corrected chi connectivity index (χ1v) is 7.07. The number of unbranched alkanes of at least 4 members (excludes halogenated alkanes) is 1. The van der Waals surface area contributed by atoms with Gasteiger partial charge < -0.3 is 9.15 Å². The molecule has 120 valence electrons. The van der Waals surface area contributed by atoms with Crippen LogP contribution in [-0.4, -0.2) is 17.5 Å². The second-order valence-electron chi connectivity index (χ2n) is 4.81. The van der Waals surface area contributed by atoms with Gasteiger partial charge in [-0.15, -0.1) is 0 Å². The number of nitro groups is 1. The van der Waals surface area contributed by atoms with Crippen LogP contribution in [0.2, 0.25) is 0 Å². The Labute approximate surface area is 131 Å². The van der Waals surface area contributed by atoms with Gasteiger partial charge in [0, 0.05) is 18.2 Å². The normalized spacial score (nSPS) is 11.0. The van der Waals surface area contributed by atoms with Crippen molar-refractivity contribution in [1.82, 2.24) is 0 Å². The van der Waals surface area contributed by atoms with Crippen molar-refractivity contribution in [1.29, 1.82) is 0 Å². The summed E-state index contributed by atoms with van der Waals surface area (Å²) in [6.07, 6.45) is 5.28. The van der Waals surface area contributed by atoms with E-state index in [0.717, 1.165) is 25.0 Å². The monoisotopic (exact) mass is 317 g/mol. The van der Waals surface area contributed by atoms with Crippen LogP contribution in [0.1, 0.15) is 25.3 Å². The second kappa shape index (κ2) is 7.35. The van der Waals surface area contributed by atoms with Gasteiger partial charge in [0.15, 0.2) is 5.43 Å². The maximum absolute atomic E-state index is 12.3. The lowest BCUT2D eigenvalue weighted by Crippen LogP contribution is -2.06. The summed E-state index contributed by atoms with van der Waals surface area (Å²) in [5.74, 6) is -0.558. The van der Waals surface area contributed by atoms with Gasteiger partial charge in [-0.1, -0.05) is 13.3 Å². The molecule has 0 spiro atoms. The molecule has 1 heterocycles. The van der Waals surface area contributed by atoms with E-state index >= 15 is 0 Å². The molecule has 1 aromatic carbocycles. The molecule has 23 heavy (non-hydrogen) atoms. The van der Waals surface area contributed by atoms with Gasteiger partial charge >= 0.3 is 5.97 Å². The number of ether oxygens (including phenoxy) is 1. The van der Waals surface area contributed by atoms with Crippen LogP contribution in [0.15, 0.2) is 39.7 Å². The number of non-ortho nitro benzene ring substituents is 1. The minimum Gasteiger partial charge on any atom is -0.463 e. The van der Waals surface area contributed by atoms with Crippen LogP contribution in [-0.2, 0) is 9.53 Å². The van der Waals surface area contributed by atoms with Crippen LogP contribution in [0, 0.1) is 10.1 Å². The number of carbonyl (C=O) groups is 1. The van der Waals surface area contributed by atoms with E-state index in [2.05, 4.69) is 0 Å². The van der Waals surface area contributed by atoms with Gasteiger partial charge in [-0.05, 0) is 18.6 Å². The first-order chi connectivity index (χ1) is 11.0. The molecule has 7 nitrogen and oxygen atoms in total. The largest absolute Gasteiger partial charge is 0.463 e. The van der Waals surface area contributed by atoms with Gasteiger partial charge in [0.25, 0.3) is 5.69 Å². The van der Waals surface area contributed by atoms with Crippen LogP contribution in [0.5, 0.6) is 0 Å². The Morgan fingerprint density at radius 3 is 2.91 bits per heavy atom. The summed E-state index contributed by atoms with van der Waals surface area (Å²) in [6, 6.07) is 3.77. The SMILES string of the molecule is CCCCOC(=O)/C=C/c1coc2ccc([N+](=O)[O-])cc2c1=O. The van der Waals surface area contributed by atoms with Crippen molar-refractivity contribution in [3.8, 4) is 0 Å². The van der Waals surface area contributed by atoms with Crippen molar-refractivity contribution in [3.05, 3.63) is 56.4 Å².